The van der Waals surface area contributed by atoms with Gasteiger partial charge in [0.05, 0.1) is 11.1 Å². The molecule has 0 saturated carbocycles. The highest BCUT2D eigenvalue weighted by Crippen LogP contribution is 2.23. The summed E-state index contributed by atoms with van der Waals surface area (Å²) in [6, 6.07) is 14.4. The molecule has 27 heavy (non-hydrogen) atoms. The van der Waals surface area contributed by atoms with Crippen LogP contribution in [0.25, 0.3) is 0 Å². The van der Waals surface area contributed by atoms with E-state index in [0.29, 0.717) is 16.8 Å². The lowest BCUT2D eigenvalue weighted by molar-refractivity contribution is -0.116. The van der Waals surface area contributed by atoms with Crippen LogP contribution >= 0.6 is 0 Å². The van der Waals surface area contributed by atoms with Gasteiger partial charge in [-0.2, -0.15) is 0 Å². The number of nitrogens with one attached hydrogen (secondary N) is 1. The zero-order valence-electron chi connectivity index (χ0n) is 15.6. The first-order valence-corrected chi connectivity index (χ1v) is 9.15. The molecule has 0 aliphatic carbocycles. The molecule has 0 atom stereocenters. The fraction of sp³-hybridized carbons (Fsp3) is 0.286. The van der Waals surface area contributed by atoms with Crippen molar-refractivity contribution in [1.82, 2.24) is 4.90 Å². The number of carbonyl (C=O) groups is 3. The van der Waals surface area contributed by atoms with Gasteiger partial charge in [0, 0.05) is 37.4 Å². The molecule has 0 radical (unpaired) electrons. The molecule has 0 bridgehead atoms. The fourth-order valence-electron chi connectivity index (χ4n) is 3.22. The largest absolute Gasteiger partial charge is 0.372 e. The summed E-state index contributed by atoms with van der Waals surface area (Å²) in [7, 11) is 0. The number of fused-ring (bicyclic) bond motifs is 1. The van der Waals surface area contributed by atoms with Gasteiger partial charge in [0.1, 0.15) is 0 Å². The summed E-state index contributed by atoms with van der Waals surface area (Å²) in [5.74, 6) is -0.916. The van der Waals surface area contributed by atoms with Crippen LogP contribution in [0.1, 0.15) is 41.0 Å². The Bertz CT molecular complexity index is 822. The summed E-state index contributed by atoms with van der Waals surface area (Å²) in [5, 5.41) is 2.81. The SMILES string of the molecule is CCN(CC)c1ccc(NC(=O)CCN2C(=O)c3ccccc3C2=O)cc1. The summed E-state index contributed by atoms with van der Waals surface area (Å²) in [6.07, 6.45) is 0.0588. The third-order valence-corrected chi connectivity index (χ3v) is 4.72. The number of carbonyl (C=O) groups excluding carboxylic acids is 3. The Morgan fingerprint density at radius 3 is 2.00 bits per heavy atom. The quantitative estimate of drug-likeness (QED) is 0.765. The maximum absolute atomic E-state index is 12.3. The highest BCUT2D eigenvalue weighted by Gasteiger charge is 2.34. The van der Waals surface area contributed by atoms with E-state index in [1.807, 2.05) is 24.3 Å². The maximum atomic E-state index is 12.3. The molecule has 3 rings (SSSR count). The minimum absolute atomic E-state index is 0.0588. The summed E-state index contributed by atoms with van der Waals surface area (Å²) >= 11 is 0. The number of hydrogen-bond donors (Lipinski definition) is 1. The van der Waals surface area contributed by atoms with Crippen molar-refractivity contribution < 1.29 is 14.4 Å². The molecule has 0 spiro atoms. The summed E-state index contributed by atoms with van der Waals surface area (Å²) in [5.41, 5.74) is 2.59. The number of amides is 3. The molecule has 1 heterocycles. The van der Waals surface area contributed by atoms with Crippen LogP contribution in [0.4, 0.5) is 11.4 Å². The molecule has 1 N–H and O–H groups in total. The van der Waals surface area contributed by atoms with Gasteiger partial charge < -0.3 is 10.2 Å². The number of imide groups is 1. The standard InChI is InChI=1S/C21H23N3O3/c1-3-23(4-2)16-11-9-15(10-12-16)22-19(25)13-14-24-20(26)17-7-5-6-8-18(17)21(24)27/h5-12H,3-4,13-14H2,1-2H3,(H,22,25). The summed E-state index contributed by atoms with van der Waals surface area (Å²) in [6.45, 7) is 6.09. The summed E-state index contributed by atoms with van der Waals surface area (Å²) in [4.78, 5) is 40.2. The highest BCUT2D eigenvalue weighted by atomic mass is 16.2. The molecule has 3 amide bonds. The summed E-state index contributed by atoms with van der Waals surface area (Å²) < 4.78 is 0. The number of hydrogen-bond acceptors (Lipinski definition) is 4. The van der Waals surface area contributed by atoms with Crippen LogP contribution in [0.2, 0.25) is 0 Å². The minimum atomic E-state index is -0.341. The van der Waals surface area contributed by atoms with E-state index in [1.165, 1.54) is 0 Å². The normalized spacial score (nSPS) is 12.9. The van der Waals surface area contributed by atoms with Crippen molar-refractivity contribution >= 4 is 29.1 Å². The zero-order valence-corrected chi connectivity index (χ0v) is 15.6. The Morgan fingerprint density at radius 1 is 0.926 bits per heavy atom. The van der Waals surface area contributed by atoms with Gasteiger partial charge in [0.15, 0.2) is 0 Å². The van der Waals surface area contributed by atoms with Crippen LogP contribution in [0, 0.1) is 0 Å². The Kier molecular flexibility index (Phi) is 5.54. The van der Waals surface area contributed by atoms with Crippen molar-refractivity contribution in [2.45, 2.75) is 20.3 Å². The third kappa shape index (κ3) is 3.84. The molecule has 6 heteroatoms. The van der Waals surface area contributed by atoms with Gasteiger partial charge >= 0.3 is 0 Å². The first-order valence-electron chi connectivity index (χ1n) is 9.15. The lowest BCUT2D eigenvalue weighted by Crippen LogP contribution is -2.32. The Hall–Kier alpha value is -3.15. The molecule has 0 fully saturated rings. The van der Waals surface area contributed by atoms with Crippen LogP contribution in [-0.2, 0) is 4.79 Å². The van der Waals surface area contributed by atoms with E-state index in [2.05, 4.69) is 24.1 Å². The van der Waals surface area contributed by atoms with Crippen molar-refractivity contribution in [3.8, 4) is 0 Å². The van der Waals surface area contributed by atoms with Crippen molar-refractivity contribution in [3.05, 3.63) is 59.7 Å². The number of benzene rings is 2. The van der Waals surface area contributed by atoms with Crippen LogP contribution in [0.3, 0.4) is 0 Å². The molecule has 0 saturated heterocycles. The molecule has 0 aromatic heterocycles. The van der Waals surface area contributed by atoms with Crippen molar-refractivity contribution in [1.29, 1.82) is 0 Å². The van der Waals surface area contributed by atoms with Gasteiger partial charge in [-0.3, -0.25) is 19.3 Å². The van der Waals surface area contributed by atoms with Crippen molar-refractivity contribution in [3.63, 3.8) is 0 Å². The van der Waals surface area contributed by atoms with Crippen molar-refractivity contribution in [2.75, 3.05) is 29.9 Å². The molecule has 6 nitrogen and oxygen atoms in total. The van der Waals surface area contributed by atoms with E-state index in [4.69, 9.17) is 0 Å². The van der Waals surface area contributed by atoms with Crippen LogP contribution in [0.5, 0.6) is 0 Å². The van der Waals surface area contributed by atoms with Gasteiger partial charge in [-0.25, -0.2) is 0 Å². The predicted molar refractivity (Wildman–Crippen MR) is 105 cm³/mol. The molecular formula is C21H23N3O3. The smallest absolute Gasteiger partial charge is 0.261 e. The van der Waals surface area contributed by atoms with Gasteiger partial charge in [-0.05, 0) is 50.2 Å². The third-order valence-electron chi connectivity index (χ3n) is 4.72. The minimum Gasteiger partial charge on any atom is -0.372 e. The topological polar surface area (TPSA) is 69.7 Å². The van der Waals surface area contributed by atoms with Crippen molar-refractivity contribution in [2.24, 2.45) is 0 Å². The van der Waals surface area contributed by atoms with E-state index >= 15 is 0 Å². The average molecular weight is 365 g/mol. The second-order valence-corrected chi connectivity index (χ2v) is 6.32. The van der Waals surface area contributed by atoms with Crippen LogP contribution in [0.15, 0.2) is 48.5 Å². The first kappa shape index (κ1) is 18.6. The highest BCUT2D eigenvalue weighted by molar-refractivity contribution is 6.21. The second kappa shape index (κ2) is 8.03. The van der Waals surface area contributed by atoms with Gasteiger partial charge in [-0.15, -0.1) is 0 Å². The first-order chi connectivity index (χ1) is 13.0. The fourth-order valence-corrected chi connectivity index (χ4v) is 3.22. The van der Waals surface area contributed by atoms with E-state index in [0.717, 1.165) is 23.7 Å². The molecule has 1 aliphatic rings. The zero-order chi connectivity index (χ0) is 19.4. The maximum Gasteiger partial charge on any atom is 0.261 e. The Morgan fingerprint density at radius 2 is 1.48 bits per heavy atom. The van der Waals surface area contributed by atoms with E-state index in [9.17, 15) is 14.4 Å². The van der Waals surface area contributed by atoms with E-state index in [-0.39, 0.29) is 30.7 Å². The molecule has 140 valence electrons. The number of rotatable bonds is 7. The second-order valence-electron chi connectivity index (χ2n) is 6.32. The van der Waals surface area contributed by atoms with Gasteiger partial charge in [-0.1, -0.05) is 12.1 Å². The van der Waals surface area contributed by atoms with E-state index < -0.39 is 0 Å². The Labute approximate surface area is 158 Å². The molecule has 2 aromatic carbocycles. The predicted octanol–water partition coefficient (Wildman–Crippen LogP) is 3.16. The molecule has 2 aromatic rings. The molecular weight excluding hydrogens is 342 g/mol. The average Bonchev–Trinajstić information content (AvgIpc) is 2.93. The van der Waals surface area contributed by atoms with Gasteiger partial charge in [0.25, 0.3) is 11.8 Å². The van der Waals surface area contributed by atoms with E-state index in [1.54, 1.807) is 24.3 Å². The molecule has 0 unspecified atom stereocenters. The van der Waals surface area contributed by atoms with Crippen LogP contribution < -0.4 is 10.2 Å². The monoisotopic (exact) mass is 365 g/mol. The lowest BCUT2D eigenvalue weighted by atomic mass is 10.1. The number of nitrogens with zero attached hydrogens (tertiary/aromatic N) is 2. The van der Waals surface area contributed by atoms with Crippen LogP contribution in [-0.4, -0.2) is 42.3 Å². The number of anilines is 2. The molecule has 1 aliphatic heterocycles. The Balaban J connectivity index is 1.56. The lowest BCUT2D eigenvalue weighted by Gasteiger charge is -2.21. The van der Waals surface area contributed by atoms with Gasteiger partial charge in [0.2, 0.25) is 5.91 Å².